The van der Waals surface area contributed by atoms with E-state index in [1.54, 1.807) is 11.9 Å². The molecule has 1 saturated heterocycles. The molecule has 1 aliphatic rings. The van der Waals surface area contributed by atoms with Crippen molar-refractivity contribution < 1.29 is 9.32 Å². The minimum atomic E-state index is 0.0237. The second kappa shape index (κ2) is 6.91. The largest absolute Gasteiger partial charge is 0.343 e. The van der Waals surface area contributed by atoms with Gasteiger partial charge in [-0.05, 0) is 11.5 Å². The quantitative estimate of drug-likeness (QED) is 0.842. The van der Waals surface area contributed by atoms with Crippen molar-refractivity contribution in [1.29, 1.82) is 0 Å². The molecule has 0 bridgehead atoms. The Balaban J connectivity index is 1.58. The molecule has 1 amide bonds. The van der Waals surface area contributed by atoms with Crippen LogP contribution in [0.15, 0.2) is 41.2 Å². The van der Waals surface area contributed by atoms with Crippen LogP contribution in [0.4, 0.5) is 0 Å². The molecule has 1 aromatic carbocycles. The van der Waals surface area contributed by atoms with Crippen molar-refractivity contribution >= 4 is 5.91 Å². The average Bonchev–Trinajstić information content (AvgIpc) is 3.17. The molecule has 2 heterocycles. The second-order valence-corrected chi connectivity index (χ2v) is 6.31. The molecular formula is C17H22N4O2. The van der Waals surface area contributed by atoms with Crippen molar-refractivity contribution in [2.75, 3.05) is 20.1 Å². The zero-order valence-electron chi connectivity index (χ0n) is 13.6. The molecule has 23 heavy (non-hydrogen) atoms. The minimum absolute atomic E-state index is 0.0237. The molecule has 6 nitrogen and oxygen atoms in total. The number of hydrogen-bond donors (Lipinski definition) is 0. The van der Waals surface area contributed by atoms with Gasteiger partial charge in [0.05, 0.1) is 12.5 Å². The van der Waals surface area contributed by atoms with E-state index in [0.717, 1.165) is 19.6 Å². The number of hydrogen-bond acceptors (Lipinski definition) is 5. The van der Waals surface area contributed by atoms with Crippen LogP contribution in [-0.4, -0.2) is 46.0 Å². The highest BCUT2D eigenvalue weighted by Crippen LogP contribution is 2.26. The van der Waals surface area contributed by atoms with Gasteiger partial charge in [0.2, 0.25) is 12.3 Å². The predicted octanol–water partition coefficient (Wildman–Crippen LogP) is 1.80. The number of benzene rings is 1. The van der Waals surface area contributed by atoms with E-state index in [1.807, 2.05) is 6.07 Å². The van der Waals surface area contributed by atoms with E-state index in [9.17, 15) is 4.79 Å². The number of nitrogens with zero attached hydrogens (tertiary/aromatic N) is 4. The summed E-state index contributed by atoms with van der Waals surface area (Å²) in [6.45, 7) is 5.17. The van der Waals surface area contributed by atoms with Crippen LogP contribution in [0.5, 0.6) is 0 Å². The SMILES string of the molecule is C[C@@H]1CN(Cc2ccccc2)C[C@H]1C(=O)N(C)Cc1ncon1. The summed E-state index contributed by atoms with van der Waals surface area (Å²) in [5.41, 5.74) is 1.29. The summed E-state index contributed by atoms with van der Waals surface area (Å²) in [5, 5.41) is 3.76. The number of amides is 1. The highest BCUT2D eigenvalue weighted by molar-refractivity contribution is 5.79. The topological polar surface area (TPSA) is 62.5 Å². The van der Waals surface area contributed by atoms with Crippen LogP contribution in [0, 0.1) is 11.8 Å². The molecule has 0 saturated carbocycles. The first kappa shape index (κ1) is 15.7. The molecule has 122 valence electrons. The summed E-state index contributed by atoms with van der Waals surface area (Å²) in [6, 6.07) is 10.4. The maximum Gasteiger partial charge on any atom is 0.227 e. The molecule has 1 aromatic heterocycles. The van der Waals surface area contributed by atoms with Crippen molar-refractivity contribution in [3.63, 3.8) is 0 Å². The lowest BCUT2D eigenvalue weighted by molar-refractivity contribution is -0.135. The van der Waals surface area contributed by atoms with Crippen LogP contribution in [0.1, 0.15) is 18.3 Å². The van der Waals surface area contributed by atoms with Gasteiger partial charge in [-0.1, -0.05) is 42.4 Å². The maximum absolute atomic E-state index is 12.7. The summed E-state index contributed by atoms with van der Waals surface area (Å²) >= 11 is 0. The van der Waals surface area contributed by atoms with Crippen LogP contribution in [0.25, 0.3) is 0 Å². The molecule has 2 aromatic rings. The molecule has 0 unspecified atom stereocenters. The van der Waals surface area contributed by atoms with Crippen molar-refractivity contribution in [3.05, 3.63) is 48.1 Å². The highest BCUT2D eigenvalue weighted by atomic mass is 16.5. The molecule has 1 fully saturated rings. The van der Waals surface area contributed by atoms with Crippen molar-refractivity contribution in [2.45, 2.75) is 20.0 Å². The first-order chi connectivity index (χ1) is 11.1. The molecule has 3 rings (SSSR count). The van der Waals surface area contributed by atoms with Gasteiger partial charge in [0.25, 0.3) is 0 Å². The fourth-order valence-electron chi connectivity index (χ4n) is 3.19. The van der Waals surface area contributed by atoms with E-state index in [-0.39, 0.29) is 11.8 Å². The van der Waals surface area contributed by atoms with Crippen molar-refractivity contribution in [1.82, 2.24) is 19.9 Å². The number of likely N-dealkylation sites (tertiary alicyclic amines) is 1. The van der Waals surface area contributed by atoms with E-state index in [2.05, 4.69) is 46.2 Å². The first-order valence-corrected chi connectivity index (χ1v) is 7.90. The van der Waals surface area contributed by atoms with E-state index >= 15 is 0 Å². The number of aromatic nitrogens is 2. The Labute approximate surface area is 136 Å². The Bertz CT molecular complexity index is 629. The first-order valence-electron chi connectivity index (χ1n) is 7.90. The number of carbonyl (C=O) groups is 1. The Morgan fingerprint density at radius 2 is 2.13 bits per heavy atom. The summed E-state index contributed by atoms with van der Waals surface area (Å²) in [6.07, 6.45) is 1.29. The molecule has 1 aliphatic heterocycles. The van der Waals surface area contributed by atoms with Crippen molar-refractivity contribution in [2.24, 2.45) is 11.8 Å². The van der Waals surface area contributed by atoms with Crippen LogP contribution in [-0.2, 0) is 17.9 Å². The summed E-state index contributed by atoms with van der Waals surface area (Å²) < 4.78 is 4.72. The molecule has 0 radical (unpaired) electrons. The van der Waals surface area contributed by atoms with Gasteiger partial charge in [-0.15, -0.1) is 0 Å². The molecule has 0 aliphatic carbocycles. The van der Waals surface area contributed by atoms with E-state index in [0.29, 0.717) is 18.3 Å². The van der Waals surface area contributed by atoms with E-state index in [4.69, 9.17) is 4.52 Å². The lowest BCUT2D eigenvalue weighted by Gasteiger charge is -2.22. The van der Waals surface area contributed by atoms with Gasteiger partial charge in [0.15, 0.2) is 5.82 Å². The Morgan fingerprint density at radius 3 is 2.83 bits per heavy atom. The third-order valence-electron chi connectivity index (χ3n) is 4.42. The van der Waals surface area contributed by atoms with E-state index in [1.165, 1.54) is 12.0 Å². The molecule has 2 atom stereocenters. The zero-order chi connectivity index (χ0) is 16.2. The summed E-state index contributed by atoms with van der Waals surface area (Å²) in [7, 11) is 1.80. The molecule has 0 spiro atoms. The van der Waals surface area contributed by atoms with Crippen LogP contribution in [0.2, 0.25) is 0 Å². The smallest absolute Gasteiger partial charge is 0.227 e. The lowest BCUT2D eigenvalue weighted by atomic mass is 9.97. The van der Waals surface area contributed by atoms with Gasteiger partial charge in [0, 0.05) is 26.7 Å². The van der Waals surface area contributed by atoms with Gasteiger partial charge in [-0.3, -0.25) is 9.69 Å². The third-order valence-corrected chi connectivity index (χ3v) is 4.42. The maximum atomic E-state index is 12.7. The summed E-state index contributed by atoms with van der Waals surface area (Å²) in [4.78, 5) is 20.7. The standard InChI is InChI=1S/C17H22N4O2/c1-13-8-21(9-14-6-4-3-5-7-14)10-15(13)17(22)20(2)11-16-18-12-23-19-16/h3-7,12-13,15H,8-11H2,1-2H3/t13-,15-/m1/s1. The third kappa shape index (κ3) is 3.76. The van der Waals surface area contributed by atoms with Crippen LogP contribution < -0.4 is 0 Å². The molecule has 6 heteroatoms. The Kier molecular flexibility index (Phi) is 4.71. The number of carbonyl (C=O) groups excluding carboxylic acids is 1. The van der Waals surface area contributed by atoms with Gasteiger partial charge in [-0.2, -0.15) is 4.98 Å². The fraction of sp³-hybridized carbons (Fsp3) is 0.471. The molecule has 0 N–H and O–H groups in total. The second-order valence-electron chi connectivity index (χ2n) is 6.31. The highest BCUT2D eigenvalue weighted by Gasteiger charge is 2.36. The number of rotatable bonds is 5. The van der Waals surface area contributed by atoms with Gasteiger partial charge >= 0.3 is 0 Å². The fourth-order valence-corrected chi connectivity index (χ4v) is 3.19. The van der Waals surface area contributed by atoms with Gasteiger partial charge in [0.1, 0.15) is 0 Å². The predicted molar refractivity (Wildman–Crippen MR) is 85.1 cm³/mol. The van der Waals surface area contributed by atoms with Crippen molar-refractivity contribution in [3.8, 4) is 0 Å². The Hall–Kier alpha value is -2.21. The Morgan fingerprint density at radius 1 is 1.35 bits per heavy atom. The van der Waals surface area contributed by atoms with E-state index < -0.39 is 0 Å². The zero-order valence-corrected chi connectivity index (χ0v) is 13.6. The normalized spacial score (nSPS) is 21.5. The van der Waals surface area contributed by atoms with Gasteiger partial charge < -0.3 is 9.42 Å². The van der Waals surface area contributed by atoms with Crippen LogP contribution in [0.3, 0.4) is 0 Å². The monoisotopic (exact) mass is 314 g/mol. The minimum Gasteiger partial charge on any atom is -0.343 e. The van der Waals surface area contributed by atoms with Crippen LogP contribution >= 0.6 is 0 Å². The van der Waals surface area contributed by atoms with Gasteiger partial charge in [-0.25, -0.2) is 0 Å². The lowest BCUT2D eigenvalue weighted by Crippen LogP contribution is -2.36. The average molecular weight is 314 g/mol. The molecular weight excluding hydrogens is 292 g/mol. The summed E-state index contributed by atoms with van der Waals surface area (Å²) in [5.74, 6) is 1.06.